The van der Waals surface area contributed by atoms with Gasteiger partial charge in [-0.05, 0) is 48.1 Å². The number of carbonyl (C=O) groups excluding carboxylic acids is 1. The highest BCUT2D eigenvalue weighted by molar-refractivity contribution is 5.91. The Bertz CT molecular complexity index is 519. The molecule has 0 bridgehead atoms. The van der Waals surface area contributed by atoms with Crippen LogP contribution in [0.3, 0.4) is 0 Å². The van der Waals surface area contributed by atoms with Gasteiger partial charge in [-0.1, -0.05) is 19.4 Å². The van der Waals surface area contributed by atoms with Crippen molar-refractivity contribution in [1.29, 1.82) is 0 Å². The molecule has 1 unspecified atom stereocenters. The van der Waals surface area contributed by atoms with Crippen molar-refractivity contribution in [3.05, 3.63) is 35.4 Å². The molecule has 4 heteroatoms. The van der Waals surface area contributed by atoms with Gasteiger partial charge in [0.05, 0.1) is 6.61 Å². The first kappa shape index (κ1) is 16.6. The molecule has 1 atom stereocenters. The van der Waals surface area contributed by atoms with E-state index in [4.69, 9.17) is 9.84 Å². The predicted molar refractivity (Wildman–Crippen MR) is 87.8 cm³/mol. The molecule has 0 aromatic heterocycles. The summed E-state index contributed by atoms with van der Waals surface area (Å²) in [6, 6.07) is 5.98. The molecule has 1 aliphatic heterocycles. The number of aliphatic hydroxyl groups is 1. The molecule has 2 N–H and O–H groups in total. The van der Waals surface area contributed by atoms with E-state index < -0.39 is 0 Å². The number of rotatable bonds is 8. The number of benzene rings is 1. The zero-order valence-corrected chi connectivity index (χ0v) is 13.2. The van der Waals surface area contributed by atoms with Crippen molar-refractivity contribution in [3.63, 3.8) is 0 Å². The first-order chi connectivity index (χ1) is 10.7. The van der Waals surface area contributed by atoms with Crippen LogP contribution in [0.25, 0.3) is 6.08 Å². The Morgan fingerprint density at radius 3 is 3.09 bits per heavy atom. The summed E-state index contributed by atoms with van der Waals surface area (Å²) < 4.78 is 5.47. The summed E-state index contributed by atoms with van der Waals surface area (Å²) in [6.07, 6.45) is 7.16. The number of amides is 1. The third kappa shape index (κ3) is 4.88. The third-order valence-electron chi connectivity index (χ3n) is 3.94. The molecule has 0 radical (unpaired) electrons. The van der Waals surface area contributed by atoms with Crippen LogP contribution in [0.15, 0.2) is 24.3 Å². The lowest BCUT2D eigenvalue weighted by Gasteiger charge is -2.14. The predicted octanol–water partition coefficient (Wildman–Crippen LogP) is 2.55. The van der Waals surface area contributed by atoms with Crippen molar-refractivity contribution in [2.24, 2.45) is 5.92 Å². The van der Waals surface area contributed by atoms with E-state index in [2.05, 4.69) is 18.3 Å². The average molecular weight is 303 g/mol. The van der Waals surface area contributed by atoms with E-state index in [0.717, 1.165) is 43.6 Å². The van der Waals surface area contributed by atoms with E-state index in [-0.39, 0.29) is 12.5 Å². The van der Waals surface area contributed by atoms with Gasteiger partial charge < -0.3 is 15.2 Å². The highest BCUT2D eigenvalue weighted by atomic mass is 16.5. The minimum atomic E-state index is -0.0872. The molecule has 0 aliphatic carbocycles. The van der Waals surface area contributed by atoms with Crippen molar-refractivity contribution in [2.45, 2.75) is 32.6 Å². The Balaban J connectivity index is 1.83. The molecule has 0 spiro atoms. The fourth-order valence-electron chi connectivity index (χ4n) is 2.73. The van der Waals surface area contributed by atoms with E-state index in [1.54, 1.807) is 6.08 Å². The SMILES string of the molecule is CCCC(CCO)CNC(=O)/C=C/c1ccc2c(c1)CCO2. The molecule has 1 aromatic carbocycles. The maximum absolute atomic E-state index is 11.9. The van der Waals surface area contributed by atoms with Crippen LogP contribution < -0.4 is 10.1 Å². The van der Waals surface area contributed by atoms with Gasteiger partial charge in [-0.2, -0.15) is 0 Å². The molecule has 22 heavy (non-hydrogen) atoms. The number of aliphatic hydroxyl groups excluding tert-OH is 1. The lowest BCUT2D eigenvalue weighted by molar-refractivity contribution is -0.116. The Kier molecular flexibility index (Phi) is 6.46. The average Bonchev–Trinajstić information content (AvgIpc) is 2.98. The summed E-state index contributed by atoms with van der Waals surface area (Å²) in [6.45, 7) is 3.65. The van der Waals surface area contributed by atoms with Crippen LogP contribution >= 0.6 is 0 Å². The zero-order chi connectivity index (χ0) is 15.8. The van der Waals surface area contributed by atoms with Crippen molar-refractivity contribution in [3.8, 4) is 5.75 Å². The van der Waals surface area contributed by atoms with E-state index in [9.17, 15) is 4.79 Å². The lowest BCUT2D eigenvalue weighted by atomic mass is 10.0. The molecule has 1 aliphatic rings. The van der Waals surface area contributed by atoms with Crippen LogP contribution in [0.4, 0.5) is 0 Å². The van der Waals surface area contributed by atoms with E-state index in [0.29, 0.717) is 12.5 Å². The summed E-state index contributed by atoms with van der Waals surface area (Å²) in [5, 5.41) is 11.9. The van der Waals surface area contributed by atoms with Crippen LogP contribution in [-0.4, -0.2) is 30.8 Å². The summed E-state index contributed by atoms with van der Waals surface area (Å²) in [4.78, 5) is 11.9. The molecule has 4 nitrogen and oxygen atoms in total. The van der Waals surface area contributed by atoms with Crippen LogP contribution in [0.5, 0.6) is 5.75 Å². The Labute approximate surface area is 132 Å². The molecule has 1 amide bonds. The number of nitrogens with one attached hydrogen (secondary N) is 1. The summed E-state index contributed by atoms with van der Waals surface area (Å²) in [5.41, 5.74) is 2.22. The van der Waals surface area contributed by atoms with Crippen molar-refractivity contribution in [1.82, 2.24) is 5.32 Å². The summed E-state index contributed by atoms with van der Waals surface area (Å²) >= 11 is 0. The quantitative estimate of drug-likeness (QED) is 0.726. The monoisotopic (exact) mass is 303 g/mol. The Morgan fingerprint density at radius 1 is 1.45 bits per heavy atom. The molecule has 0 saturated heterocycles. The molecule has 120 valence electrons. The van der Waals surface area contributed by atoms with Gasteiger partial charge in [0.25, 0.3) is 0 Å². The second-order valence-electron chi connectivity index (χ2n) is 5.71. The van der Waals surface area contributed by atoms with Crippen molar-refractivity contribution < 1.29 is 14.6 Å². The number of fused-ring (bicyclic) bond motifs is 1. The standard InChI is InChI=1S/C18H25NO3/c1-2-3-15(8-10-20)13-19-18(21)7-5-14-4-6-17-16(12-14)9-11-22-17/h4-7,12,15,20H,2-3,8-11,13H2,1H3,(H,19,21)/b7-5+. The minimum absolute atomic E-state index is 0.0872. The van der Waals surface area contributed by atoms with Crippen molar-refractivity contribution in [2.75, 3.05) is 19.8 Å². The van der Waals surface area contributed by atoms with Gasteiger partial charge in [0, 0.05) is 25.6 Å². The van der Waals surface area contributed by atoms with E-state index >= 15 is 0 Å². The van der Waals surface area contributed by atoms with Gasteiger partial charge in [0.2, 0.25) is 5.91 Å². The first-order valence-corrected chi connectivity index (χ1v) is 8.05. The maximum atomic E-state index is 11.9. The van der Waals surface area contributed by atoms with E-state index in [1.807, 2.05) is 18.2 Å². The normalized spacial score (nSPS) is 14.6. The molecule has 0 fully saturated rings. The van der Waals surface area contributed by atoms with Gasteiger partial charge in [-0.25, -0.2) is 0 Å². The van der Waals surface area contributed by atoms with Gasteiger partial charge in [-0.3, -0.25) is 4.79 Å². The number of hydrogen-bond donors (Lipinski definition) is 2. The highest BCUT2D eigenvalue weighted by Gasteiger charge is 2.11. The molecule has 1 heterocycles. The van der Waals surface area contributed by atoms with Gasteiger partial charge in [0.1, 0.15) is 5.75 Å². The van der Waals surface area contributed by atoms with Crippen LogP contribution in [0.1, 0.15) is 37.3 Å². The smallest absolute Gasteiger partial charge is 0.244 e. The topological polar surface area (TPSA) is 58.6 Å². The Morgan fingerprint density at radius 2 is 2.32 bits per heavy atom. The van der Waals surface area contributed by atoms with Crippen LogP contribution in [0, 0.1) is 5.92 Å². The van der Waals surface area contributed by atoms with Gasteiger partial charge in [0.15, 0.2) is 0 Å². The molecule has 2 rings (SSSR count). The van der Waals surface area contributed by atoms with Crippen LogP contribution in [-0.2, 0) is 11.2 Å². The Hall–Kier alpha value is -1.81. The number of hydrogen-bond acceptors (Lipinski definition) is 3. The number of ether oxygens (including phenoxy) is 1. The molecule has 0 saturated carbocycles. The second-order valence-corrected chi connectivity index (χ2v) is 5.71. The van der Waals surface area contributed by atoms with E-state index in [1.165, 1.54) is 5.56 Å². The van der Waals surface area contributed by atoms with Gasteiger partial charge in [-0.15, -0.1) is 0 Å². The molecular weight excluding hydrogens is 278 g/mol. The number of carbonyl (C=O) groups is 1. The fraction of sp³-hybridized carbons (Fsp3) is 0.500. The first-order valence-electron chi connectivity index (χ1n) is 8.05. The minimum Gasteiger partial charge on any atom is -0.493 e. The molecule has 1 aromatic rings. The largest absolute Gasteiger partial charge is 0.493 e. The van der Waals surface area contributed by atoms with Crippen molar-refractivity contribution >= 4 is 12.0 Å². The summed E-state index contributed by atoms with van der Waals surface area (Å²) in [5.74, 6) is 1.22. The maximum Gasteiger partial charge on any atom is 0.244 e. The summed E-state index contributed by atoms with van der Waals surface area (Å²) in [7, 11) is 0. The highest BCUT2D eigenvalue weighted by Crippen LogP contribution is 2.26. The van der Waals surface area contributed by atoms with Gasteiger partial charge >= 0.3 is 0 Å². The lowest BCUT2D eigenvalue weighted by Crippen LogP contribution is -2.28. The van der Waals surface area contributed by atoms with Crippen LogP contribution in [0.2, 0.25) is 0 Å². The second kappa shape index (κ2) is 8.59. The third-order valence-corrected chi connectivity index (χ3v) is 3.94. The molecular formula is C18H25NO3. The fourth-order valence-corrected chi connectivity index (χ4v) is 2.73. The zero-order valence-electron chi connectivity index (χ0n) is 13.2.